The maximum Gasteiger partial charge on any atom is 0.225 e. The number of anilines is 1. The molecule has 0 spiro atoms. The molecule has 3 nitrogen and oxygen atoms in total. The lowest BCUT2D eigenvalue weighted by Crippen LogP contribution is -2.20. The minimum absolute atomic E-state index is 0.317. The fraction of sp³-hybridized carbons (Fsp3) is 0.368. The fourth-order valence-electron chi connectivity index (χ4n) is 2.95. The van der Waals surface area contributed by atoms with Gasteiger partial charge in [-0.3, -0.25) is 0 Å². The zero-order valence-corrected chi connectivity index (χ0v) is 17.8. The highest BCUT2D eigenvalue weighted by molar-refractivity contribution is 9.10. The molecule has 0 radical (unpaired) electrons. The summed E-state index contributed by atoms with van der Waals surface area (Å²) in [6, 6.07) is 8.45. The van der Waals surface area contributed by atoms with Crippen molar-refractivity contribution in [2.24, 2.45) is 0 Å². The molecule has 0 saturated carbocycles. The van der Waals surface area contributed by atoms with Gasteiger partial charge in [0.15, 0.2) is 0 Å². The first-order chi connectivity index (χ1) is 12.0. The predicted molar refractivity (Wildman–Crippen MR) is 113 cm³/mol. The molecular weight excluding hydrogens is 418 g/mol. The highest BCUT2D eigenvalue weighted by Gasteiger charge is 2.21. The molecule has 132 valence electrons. The average Bonchev–Trinajstić information content (AvgIpc) is 2.97. The molecule has 0 saturated heterocycles. The van der Waals surface area contributed by atoms with Gasteiger partial charge in [0, 0.05) is 28.5 Å². The van der Waals surface area contributed by atoms with E-state index >= 15 is 0 Å². The normalized spacial score (nSPS) is 11.2. The number of halogens is 2. The van der Waals surface area contributed by atoms with Gasteiger partial charge in [-0.2, -0.15) is 4.98 Å². The zero-order valence-electron chi connectivity index (χ0n) is 14.6. The average molecular weight is 439 g/mol. The van der Waals surface area contributed by atoms with Crippen molar-refractivity contribution in [1.29, 1.82) is 0 Å². The molecule has 0 N–H and O–H groups in total. The number of hydrogen-bond donors (Lipinski definition) is 0. The van der Waals surface area contributed by atoms with Crippen molar-refractivity contribution in [3.63, 3.8) is 0 Å². The van der Waals surface area contributed by atoms with E-state index in [1.807, 2.05) is 0 Å². The van der Waals surface area contributed by atoms with Crippen molar-refractivity contribution in [2.45, 2.75) is 33.1 Å². The summed E-state index contributed by atoms with van der Waals surface area (Å²) in [6.45, 7) is 5.34. The van der Waals surface area contributed by atoms with Crippen LogP contribution < -0.4 is 4.90 Å². The van der Waals surface area contributed by atoms with Gasteiger partial charge < -0.3 is 4.90 Å². The van der Waals surface area contributed by atoms with Crippen LogP contribution in [0.3, 0.4) is 0 Å². The van der Waals surface area contributed by atoms with Crippen molar-refractivity contribution in [2.75, 3.05) is 18.5 Å². The number of hydrogen-bond acceptors (Lipinski definition) is 4. The van der Waals surface area contributed by atoms with E-state index in [-0.39, 0.29) is 0 Å². The first-order valence-electron chi connectivity index (χ1n) is 8.51. The Morgan fingerprint density at radius 2 is 1.88 bits per heavy atom. The summed E-state index contributed by atoms with van der Waals surface area (Å²) >= 11 is 11.5. The fourth-order valence-corrected chi connectivity index (χ4v) is 4.56. The third kappa shape index (κ3) is 3.83. The smallest absolute Gasteiger partial charge is 0.225 e. The zero-order chi connectivity index (χ0) is 18.0. The number of aromatic nitrogens is 2. The quantitative estimate of drug-likeness (QED) is 0.407. The molecule has 0 aliphatic heterocycles. The van der Waals surface area contributed by atoms with E-state index in [2.05, 4.69) is 76.0 Å². The van der Waals surface area contributed by atoms with Crippen LogP contribution >= 0.6 is 38.9 Å². The summed E-state index contributed by atoms with van der Waals surface area (Å²) in [5, 5.41) is 1.43. The SMILES string of the molecule is CCCCN(C)c1nc(Cl)nc2sc(CC)c(-c3ccc(Br)cc3)c12. The van der Waals surface area contributed by atoms with Crippen molar-refractivity contribution in [1.82, 2.24) is 9.97 Å². The Hall–Kier alpha value is -1.17. The largest absolute Gasteiger partial charge is 0.359 e. The van der Waals surface area contributed by atoms with Gasteiger partial charge in [0.25, 0.3) is 0 Å². The summed E-state index contributed by atoms with van der Waals surface area (Å²) in [5.41, 5.74) is 2.44. The number of unbranched alkanes of at least 4 members (excludes halogenated alkanes) is 1. The summed E-state index contributed by atoms with van der Waals surface area (Å²) in [4.78, 5) is 13.6. The van der Waals surface area contributed by atoms with Gasteiger partial charge in [-0.05, 0) is 42.1 Å². The van der Waals surface area contributed by atoms with E-state index in [1.165, 1.54) is 16.0 Å². The molecule has 25 heavy (non-hydrogen) atoms. The molecule has 3 rings (SSSR count). The maximum atomic E-state index is 6.23. The lowest BCUT2D eigenvalue weighted by Gasteiger charge is -2.19. The standard InChI is InChI=1S/C19H21BrClN3S/c1-4-6-11-24(3)17-16-15(12-7-9-13(20)10-8-12)14(5-2)25-18(16)23-19(21)22-17/h7-10H,4-6,11H2,1-3H3. The summed E-state index contributed by atoms with van der Waals surface area (Å²) in [6.07, 6.45) is 3.23. The second-order valence-electron chi connectivity index (χ2n) is 6.03. The number of thiophene rings is 1. The number of benzene rings is 1. The van der Waals surface area contributed by atoms with Crippen molar-refractivity contribution < 1.29 is 0 Å². The monoisotopic (exact) mass is 437 g/mol. The van der Waals surface area contributed by atoms with E-state index in [0.29, 0.717) is 5.28 Å². The summed E-state index contributed by atoms with van der Waals surface area (Å²) < 4.78 is 1.08. The van der Waals surface area contributed by atoms with Crippen LogP contribution in [0.1, 0.15) is 31.6 Å². The first kappa shape index (κ1) is 18.6. The summed E-state index contributed by atoms with van der Waals surface area (Å²) in [7, 11) is 2.09. The molecule has 0 bridgehead atoms. The Morgan fingerprint density at radius 1 is 1.16 bits per heavy atom. The second-order valence-corrected chi connectivity index (χ2v) is 8.37. The Balaban J connectivity index is 2.25. The Bertz CT molecular complexity index is 877. The lowest BCUT2D eigenvalue weighted by molar-refractivity contribution is 0.761. The maximum absolute atomic E-state index is 6.23. The van der Waals surface area contributed by atoms with Crippen LogP contribution in [0.4, 0.5) is 5.82 Å². The molecule has 3 aromatic rings. The van der Waals surface area contributed by atoms with Crippen molar-refractivity contribution in [3.05, 3.63) is 38.9 Å². The number of rotatable bonds is 6. The predicted octanol–water partition coefficient (Wildman–Crippen LogP) is 6.57. The molecule has 0 aliphatic carbocycles. The molecule has 1 aromatic carbocycles. The number of nitrogens with zero attached hydrogens (tertiary/aromatic N) is 3. The van der Waals surface area contributed by atoms with Gasteiger partial charge in [0.1, 0.15) is 10.6 Å². The third-order valence-corrected chi connectivity index (χ3v) is 6.17. The molecule has 0 aliphatic rings. The van der Waals surface area contributed by atoms with Crippen molar-refractivity contribution >= 4 is 54.9 Å². The minimum atomic E-state index is 0.317. The minimum Gasteiger partial charge on any atom is -0.359 e. The van der Waals surface area contributed by atoms with Crippen LogP contribution in [-0.2, 0) is 6.42 Å². The molecular formula is C19H21BrClN3S. The van der Waals surface area contributed by atoms with Crippen LogP contribution in [0.15, 0.2) is 28.7 Å². The first-order valence-corrected chi connectivity index (χ1v) is 10.5. The summed E-state index contributed by atoms with van der Waals surface area (Å²) in [5.74, 6) is 0.928. The molecule has 2 heterocycles. The molecule has 2 aromatic heterocycles. The van der Waals surface area contributed by atoms with Crippen LogP contribution in [-0.4, -0.2) is 23.6 Å². The van der Waals surface area contributed by atoms with E-state index in [4.69, 9.17) is 11.6 Å². The molecule has 6 heteroatoms. The van der Waals surface area contributed by atoms with Gasteiger partial charge >= 0.3 is 0 Å². The van der Waals surface area contributed by atoms with Gasteiger partial charge in [-0.25, -0.2) is 4.98 Å². The molecule has 0 unspecified atom stereocenters. The third-order valence-electron chi connectivity index (χ3n) is 4.24. The van der Waals surface area contributed by atoms with E-state index in [1.54, 1.807) is 11.3 Å². The van der Waals surface area contributed by atoms with Gasteiger partial charge in [0.2, 0.25) is 5.28 Å². The molecule has 0 amide bonds. The second kappa shape index (κ2) is 8.02. The highest BCUT2D eigenvalue weighted by Crippen LogP contribution is 2.43. The van der Waals surface area contributed by atoms with Crippen LogP contribution in [0.5, 0.6) is 0 Å². The van der Waals surface area contributed by atoms with Gasteiger partial charge in [0.05, 0.1) is 5.39 Å². The Morgan fingerprint density at radius 3 is 2.52 bits per heavy atom. The van der Waals surface area contributed by atoms with E-state index < -0.39 is 0 Å². The number of aryl methyl sites for hydroxylation is 1. The van der Waals surface area contributed by atoms with Crippen LogP contribution in [0, 0.1) is 0 Å². The van der Waals surface area contributed by atoms with Crippen LogP contribution in [0.25, 0.3) is 21.3 Å². The van der Waals surface area contributed by atoms with E-state index in [9.17, 15) is 0 Å². The van der Waals surface area contributed by atoms with Gasteiger partial charge in [-0.15, -0.1) is 11.3 Å². The highest BCUT2D eigenvalue weighted by atomic mass is 79.9. The van der Waals surface area contributed by atoms with Gasteiger partial charge in [-0.1, -0.05) is 48.3 Å². The number of fused-ring (bicyclic) bond motifs is 1. The Kier molecular flexibility index (Phi) is 5.97. The molecule has 0 fully saturated rings. The lowest BCUT2D eigenvalue weighted by atomic mass is 10.0. The molecule has 0 atom stereocenters. The van der Waals surface area contributed by atoms with Crippen LogP contribution in [0.2, 0.25) is 5.28 Å². The van der Waals surface area contributed by atoms with Crippen molar-refractivity contribution in [3.8, 4) is 11.1 Å². The Labute approximate surface area is 166 Å². The van der Waals surface area contributed by atoms with E-state index in [0.717, 1.165) is 46.3 Å². The topological polar surface area (TPSA) is 29.0 Å².